The van der Waals surface area contributed by atoms with Gasteiger partial charge in [0, 0.05) is 140 Å². The first kappa shape index (κ1) is 79.4. The van der Waals surface area contributed by atoms with Crippen LogP contribution in [0.4, 0.5) is 85.3 Å². The second-order valence-corrected chi connectivity index (χ2v) is 39.4. The molecule has 0 atom stereocenters. The van der Waals surface area contributed by atoms with E-state index in [2.05, 4.69) is 509 Å². The number of furan rings is 2. The highest BCUT2D eigenvalue weighted by Crippen LogP contribution is 2.60. The van der Waals surface area contributed by atoms with Crippen molar-refractivity contribution in [1.29, 1.82) is 0 Å². The summed E-state index contributed by atoms with van der Waals surface area (Å²) in [6, 6.07) is 174. The molecule has 144 heavy (non-hydrogen) atoms. The number of rotatable bonds is 5. The van der Waals surface area contributed by atoms with Crippen molar-refractivity contribution >= 4 is 183 Å². The Labute approximate surface area is 833 Å². The van der Waals surface area contributed by atoms with E-state index < -0.39 is 0 Å². The molecule has 0 saturated carbocycles. The number of benzene rings is 22. The summed E-state index contributed by atoms with van der Waals surface area (Å²) >= 11 is 0. The molecule has 22 aromatic carbocycles. The SMILES string of the molecule is Cc1ccc2c(c1)-c1cccc3c1B1c4c(cccc4N3c3ccc4c(c3)-c3ccccc3-c3ccccc3-c3ccccc3-4)-c3cc(-c4ccccc4)ccc3N12.c1ccc(-c2ccc(N3c4cccc5c4B4c6c(cccc63)-c3c(ccc6c3oc3ccccc36)N4c3ccccc3-5)cc2)cc1.c1ccc(N2c3cccc4c3B3c5c(cccc52)-c2c(ccc5c2oc2ccccc25)N3c2ccccc2-4)cc1. The van der Waals surface area contributed by atoms with Crippen LogP contribution < -0.4 is 61.9 Å². The third kappa shape index (κ3) is 11.0. The first-order valence-electron chi connectivity index (χ1n) is 50.0. The Hall–Kier alpha value is -18.6. The maximum absolute atomic E-state index is 6.73. The average molecular weight is 1830 g/mol. The van der Waals surface area contributed by atoms with Crippen LogP contribution in [-0.4, -0.2) is 20.5 Å². The lowest BCUT2D eigenvalue weighted by Crippen LogP contribution is -2.63. The number of fused-ring (bicyclic) bond motifs is 34. The van der Waals surface area contributed by atoms with Crippen LogP contribution in [0.1, 0.15) is 5.56 Å². The molecule has 0 fully saturated rings. The lowest BCUT2D eigenvalue weighted by Gasteiger charge is -2.49. The van der Waals surface area contributed by atoms with Crippen molar-refractivity contribution in [2.45, 2.75) is 6.92 Å². The van der Waals surface area contributed by atoms with Gasteiger partial charge in [-0.3, -0.25) is 0 Å². The third-order valence-electron chi connectivity index (χ3n) is 32.2. The summed E-state index contributed by atoms with van der Waals surface area (Å²) in [6.45, 7) is 2.36. The summed E-state index contributed by atoms with van der Waals surface area (Å²) in [5, 5.41) is 4.62. The van der Waals surface area contributed by atoms with Gasteiger partial charge in [-0.05, 0) is 285 Å². The van der Waals surface area contributed by atoms with Crippen LogP contribution >= 0.6 is 0 Å². The van der Waals surface area contributed by atoms with Crippen molar-refractivity contribution in [3.05, 3.63) is 479 Å². The zero-order valence-corrected chi connectivity index (χ0v) is 78.3. The number of aryl methyl sites for hydroxylation is 1. The monoisotopic (exact) mass is 1830 g/mol. The minimum atomic E-state index is 0.0346. The summed E-state index contributed by atoms with van der Waals surface area (Å²) in [7, 11) is 0. The molecular weight excluding hydrogens is 1750 g/mol. The quantitative estimate of drug-likeness (QED) is 0.158. The predicted octanol–water partition coefficient (Wildman–Crippen LogP) is 31.5. The van der Waals surface area contributed by atoms with E-state index in [0.717, 1.165) is 55.3 Å². The molecule has 2 aromatic heterocycles. The lowest BCUT2D eigenvalue weighted by atomic mass is 9.41. The zero-order valence-electron chi connectivity index (χ0n) is 78.3. The number of anilines is 15. The maximum atomic E-state index is 6.73. The highest BCUT2D eigenvalue weighted by Gasteiger charge is 2.54. The third-order valence-corrected chi connectivity index (χ3v) is 32.2. The molecule has 0 N–H and O–H groups in total. The van der Waals surface area contributed by atoms with E-state index in [4.69, 9.17) is 8.83 Å². The van der Waals surface area contributed by atoms with E-state index in [0.29, 0.717) is 0 Å². The van der Waals surface area contributed by atoms with E-state index in [-0.39, 0.29) is 20.5 Å². The zero-order chi connectivity index (χ0) is 93.9. The molecule has 34 rings (SSSR count). The molecule has 11 heteroatoms. The summed E-state index contributed by atoms with van der Waals surface area (Å²) in [5.41, 5.74) is 61.4. The van der Waals surface area contributed by atoms with Crippen molar-refractivity contribution in [2.75, 3.05) is 29.1 Å². The number of para-hydroxylation sites is 5. The fourth-order valence-corrected chi connectivity index (χ4v) is 26.4. The Morgan fingerprint density at radius 2 is 0.458 bits per heavy atom. The van der Waals surface area contributed by atoms with Gasteiger partial charge in [0.1, 0.15) is 22.3 Å². The largest absolute Gasteiger partial charge is 0.455 e. The van der Waals surface area contributed by atoms with Gasteiger partial charge in [-0.1, -0.05) is 333 Å². The molecule has 0 saturated heterocycles. The van der Waals surface area contributed by atoms with Crippen molar-refractivity contribution in [2.24, 2.45) is 0 Å². The van der Waals surface area contributed by atoms with Crippen LogP contribution in [0.3, 0.4) is 0 Å². The molecule has 8 nitrogen and oxygen atoms in total. The van der Waals surface area contributed by atoms with Gasteiger partial charge < -0.3 is 38.0 Å². The molecule has 0 amide bonds. The lowest BCUT2D eigenvalue weighted by molar-refractivity contribution is 0.669. The minimum absolute atomic E-state index is 0.0346. The number of hydrogen-bond donors (Lipinski definition) is 0. The van der Waals surface area contributed by atoms with Crippen LogP contribution in [0, 0.1) is 6.92 Å². The van der Waals surface area contributed by atoms with Crippen LogP contribution in [0.2, 0.25) is 0 Å². The molecule has 9 aliphatic heterocycles. The number of hydrogen-bond acceptors (Lipinski definition) is 8. The number of nitrogens with zero attached hydrogens (tertiary/aromatic N) is 6. The van der Waals surface area contributed by atoms with Crippen molar-refractivity contribution in [1.82, 2.24) is 0 Å². The van der Waals surface area contributed by atoms with E-state index in [1.54, 1.807) is 0 Å². The van der Waals surface area contributed by atoms with Gasteiger partial charge in [0.05, 0.1) is 0 Å². The molecule has 0 spiro atoms. The molecule has 0 bridgehead atoms. The van der Waals surface area contributed by atoms with E-state index in [9.17, 15) is 0 Å². The van der Waals surface area contributed by atoms with Gasteiger partial charge in [0.15, 0.2) is 0 Å². The van der Waals surface area contributed by atoms with Gasteiger partial charge in [-0.25, -0.2) is 0 Å². The highest BCUT2D eigenvalue weighted by atomic mass is 16.3. The summed E-state index contributed by atoms with van der Waals surface area (Å²) in [5.74, 6) is 0. The Morgan fingerprint density at radius 1 is 0.167 bits per heavy atom. The summed E-state index contributed by atoms with van der Waals surface area (Å²) < 4.78 is 13.4. The fraction of sp³-hybridized carbons (Fsp3) is 0.00752. The standard InChI is InChI=1S/C55H35BN2.C42H25BN2O.C36H21BN2O/c1-34-25-29-50-48(31-34)45-21-11-23-52-54(45)56-55-46(49-32-36(26-30-51(49)58(50)56)35-13-3-2-4-14-35)22-12-24-53(55)57(52)37-27-28-44-42-19-8-7-17-40(42)38-15-5-6-16-39(38)41-18-9-10-20-43(41)47(44)33-37;1-2-10-26(11-3-1)27-20-22-28(23-21-27)44-36-17-8-14-31-29-12-4-6-16-34(29)45-35-25-24-32-30-13-5-7-19-38(30)46-42(32)39(35)33-15-9-18-37(44)41(33)43(45)40(31)36;1-2-10-22(11-3-1)38-30-17-8-14-25-23-12-4-6-16-28(23)39-29-21-20-26-24-13-5-7-19-32(24)40-36(26)33(29)27-15-9-18-31(38)35(27)37(39)34(25)30/h2-33H,1H3;1-25H;1-21H. The van der Waals surface area contributed by atoms with Crippen LogP contribution in [0.5, 0.6) is 0 Å². The molecule has 664 valence electrons. The summed E-state index contributed by atoms with van der Waals surface area (Å²) in [6.07, 6.45) is 0. The molecule has 24 aromatic rings. The average Bonchev–Trinajstić information content (AvgIpc) is 0.981. The van der Waals surface area contributed by atoms with Gasteiger partial charge in [0.25, 0.3) is 0 Å². The predicted molar refractivity (Wildman–Crippen MR) is 603 cm³/mol. The van der Waals surface area contributed by atoms with Crippen molar-refractivity contribution < 1.29 is 8.83 Å². The molecule has 0 radical (unpaired) electrons. The molecular formula is C133H81B3N6O2. The van der Waals surface area contributed by atoms with Gasteiger partial charge >= 0.3 is 20.5 Å². The van der Waals surface area contributed by atoms with Crippen LogP contribution in [0.15, 0.2) is 482 Å². The Balaban J connectivity index is 0.0000000985. The fourth-order valence-electron chi connectivity index (χ4n) is 26.4. The van der Waals surface area contributed by atoms with Gasteiger partial charge in [0.2, 0.25) is 0 Å². The van der Waals surface area contributed by atoms with Crippen molar-refractivity contribution in [3.63, 3.8) is 0 Å². The second kappa shape index (κ2) is 30.2. The van der Waals surface area contributed by atoms with Gasteiger partial charge in [-0.2, -0.15) is 0 Å². The Morgan fingerprint density at radius 3 is 0.917 bits per heavy atom. The van der Waals surface area contributed by atoms with E-state index in [1.807, 2.05) is 0 Å². The minimum Gasteiger partial charge on any atom is -0.455 e. The van der Waals surface area contributed by atoms with E-state index in [1.165, 1.54) is 246 Å². The molecule has 10 aliphatic rings. The smallest absolute Gasteiger partial charge is 0.333 e. The first-order valence-corrected chi connectivity index (χ1v) is 50.0. The Kier molecular flexibility index (Phi) is 16.7. The molecule has 1 aliphatic carbocycles. The van der Waals surface area contributed by atoms with Crippen LogP contribution in [-0.2, 0) is 0 Å². The molecule has 11 heterocycles. The first-order chi connectivity index (χ1) is 71.4. The maximum Gasteiger partial charge on any atom is 0.333 e. The molecule has 0 unspecified atom stereocenters. The highest BCUT2D eigenvalue weighted by molar-refractivity contribution is 6.97. The Bertz CT molecular complexity index is 9710. The summed E-state index contributed by atoms with van der Waals surface area (Å²) in [4.78, 5) is 15.3. The van der Waals surface area contributed by atoms with E-state index >= 15 is 0 Å². The normalized spacial score (nSPS) is 13.5. The van der Waals surface area contributed by atoms with Crippen molar-refractivity contribution in [3.8, 4) is 134 Å². The van der Waals surface area contributed by atoms with Gasteiger partial charge in [-0.15, -0.1) is 0 Å². The second-order valence-electron chi connectivity index (χ2n) is 39.4. The topological polar surface area (TPSA) is 45.7 Å². The van der Waals surface area contributed by atoms with Crippen LogP contribution in [0.25, 0.3) is 177 Å².